The molecule has 0 aliphatic carbocycles. The van der Waals surface area contributed by atoms with Crippen molar-refractivity contribution in [2.75, 3.05) is 0 Å². The van der Waals surface area contributed by atoms with Crippen molar-refractivity contribution < 1.29 is 20.8 Å². The van der Waals surface area contributed by atoms with Gasteiger partial charge in [0.05, 0.1) is 9.52 Å². The Morgan fingerprint density at radius 3 is 1.38 bits per heavy atom. The largest absolute Gasteiger partial charge is 0.184 e. The number of halogens is 2. The molecule has 326 valence electrons. The smallest absolute Gasteiger partial charge is 0.0920 e. The van der Waals surface area contributed by atoms with Crippen molar-refractivity contribution in [1.82, 2.24) is 0 Å². The van der Waals surface area contributed by atoms with Crippen molar-refractivity contribution in [1.29, 1.82) is 0 Å². The van der Waals surface area contributed by atoms with Gasteiger partial charge >= 0.3 is 37.9 Å². The minimum atomic E-state index is -0.826. The van der Waals surface area contributed by atoms with Crippen molar-refractivity contribution in [3.05, 3.63) is 230 Å². The summed E-state index contributed by atoms with van der Waals surface area (Å²) in [5, 5.41) is 8.17. The molecule has 10 aromatic rings. The zero-order valence-electron chi connectivity index (χ0n) is 37.7. The summed E-state index contributed by atoms with van der Waals surface area (Å²) in [6.07, 6.45) is 7.23. The maximum Gasteiger partial charge on any atom is 0.0920 e. The Balaban J connectivity index is 0.000000136. The van der Waals surface area contributed by atoms with Crippen molar-refractivity contribution in [3.8, 4) is 55.6 Å². The van der Waals surface area contributed by atoms with Gasteiger partial charge in [-0.25, -0.2) is 0 Å². The van der Waals surface area contributed by atoms with Crippen LogP contribution < -0.4 is 10.4 Å². The first-order valence-corrected chi connectivity index (χ1v) is 30.4. The van der Waals surface area contributed by atoms with Crippen LogP contribution in [0.2, 0.25) is 0 Å². The standard InChI is InChI=1S/2C25H23.C12H7Si.2ClH.Zr/c2*1-2-3-10-20-13-7-8-15-23(20)24-16-9-14-21-17-22(18-25(21)24)19-11-5-4-6-12-19;1-3-7-11-9(5-1)10-6-2-4-8-12(10)13-11;;;/h2*4-9,11-18H,2-3,10H2,1H3;1-7H;2*1H;/q3*-1;;;+2/p-2. The number of benzene rings is 8. The third kappa shape index (κ3) is 11.4. The topological polar surface area (TPSA) is 0 Å². The van der Waals surface area contributed by atoms with E-state index in [1.54, 1.807) is 0 Å². The third-order valence-electron chi connectivity index (χ3n) is 12.3. The van der Waals surface area contributed by atoms with E-state index < -0.39 is 20.8 Å². The number of fused-ring (bicyclic) bond motifs is 5. The second-order valence-electron chi connectivity index (χ2n) is 16.6. The van der Waals surface area contributed by atoms with Crippen LogP contribution in [-0.2, 0) is 33.7 Å². The van der Waals surface area contributed by atoms with Crippen LogP contribution in [-0.4, -0.2) is 9.52 Å². The average molecular weight is 988 g/mol. The molecule has 1 heterocycles. The Labute approximate surface area is 413 Å². The van der Waals surface area contributed by atoms with Gasteiger partial charge in [-0.2, -0.15) is 29.5 Å². The molecule has 0 fully saturated rings. The first-order valence-electron chi connectivity index (χ1n) is 23.1. The number of hydrogen-bond donors (Lipinski definition) is 0. The van der Waals surface area contributed by atoms with E-state index >= 15 is 0 Å². The van der Waals surface area contributed by atoms with E-state index in [2.05, 4.69) is 226 Å². The molecule has 1 aliphatic heterocycles. The molecule has 0 amide bonds. The molecule has 0 unspecified atom stereocenters. The van der Waals surface area contributed by atoms with E-state index in [1.165, 1.54) is 124 Å². The van der Waals surface area contributed by atoms with E-state index in [4.69, 9.17) is 17.0 Å². The van der Waals surface area contributed by atoms with Crippen LogP contribution in [0.25, 0.3) is 77.2 Å². The molecule has 0 N–H and O–H groups in total. The summed E-state index contributed by atoms with van der Waals surface area (Å²) in [5.74, 6) is 0. The predicted octanol–water partition coefficient (Wildman–Crippen LogP) is 17.0. The third-order valence-corrected chi connectivity index (χ3v) is 13.6. The Kier molecular flexibility index (Phi) is 17.1. The summed E-state index contributed by atoms with van der Waals surface area (Å²) >= 11 is -0.826. The average Bonchev–Trinajstić information content (AvgIpc) is 4.13. The van der Waals surface area contributed by atoms with E-state index in [0.29, 0.717) is 0 Å². The van der Waals surface area contributed by atoms with Crippen LogP contribution in [0, 0.1) is 6.07 Å². The molecule has 0 bridgehead atoms. The second-order valence-corrected chi connectivity index (χ2v) is 21.6. The number of aryl methyl sites for hydroxylation is 2. The molecule has 10 aromatic carbocycles. The van der Waals surface area contributed by atoms with Crippen molar-refractivity contribution in [3.63, 3.8) is 0 Å². The van der Waals surface area contributed by atoms with Crippen LogP contribution in [0.4, 0.5) is 0 Å². The van der Waals surface area contributed by atoms with E-state index in [-0.39, 0.29) is 0 Å². The molecule has 4 heteroatoms. The molecule has 1 aliphatic rings. The van der Waals surface area contributed by atoms with Gasteiger partial charge in [0.25, 0.3) is 0 Å². The van der Waals surface area contributed by atoms with Gasteiger partial charge in [0.15, 0.2) is 0 Å². The molecular weight excluding hydrogens is 935 g/mol. The molecule has 0 nitrogen and oxygen atoms in total. The van der Waals surface area contributed by atoms with E-state index in [9.17, 15) is 0 Å². The van der Waals surface area contributed by atoms with Crippen LogP contribution >= 0.6 is 17.0 Å². The molecule has 0 aromatic heterocycles. The zero-order chi connectivity index (χ0) is 45.5. The first-order chi connectivity index (χ1) is 32.6. The quantitative estimate of drug-likeness (QED) is 0.0946. The summed E-state index contributed by atoms with van der Waals surface area (Å²) < 4.78 is 0. The van der Waals surface area contributed by atoms with Gasteiger partial charge in [0.1, 0.15) is 0 Å². The van der Waals surface area contributed by atoms with Gasteiger partial charge < -0.3 is 0 Å². The normalized spacial score (nSPS) is 11.0. The molecule has 0 saturated heterocycles. The fourth-order valence-electron chi connectivity index (χ4n) is 9.00. The van der Waals surface area contributed by atoms with Crippen molar-refractivity contribution >= 4 is 58.5 Å². The SMILES string of the molecule is CCCCc1ccccc1-c1cccc2[cH-]c(-c3ccccc3)cc12.CCCCc1ccccc1-c1cccc2[cH-]c(-c3ccccc3)cc12.[Cl][Zr][Cl].[c-]1cccc2c1[Si]c1ccccc1-2. The van der Waals surface area contributed by atoms with Gasteiger partial charge in [-0.05, 0) is 47.9 Å². The summed E-state index contributed by atoms with van der Waals surface area (Å²) in [7, 11) is 10.7. The molecule has 0 saturated carbocycles. The second kappa shape index (κ2) is 23.9. The molecular formula is C62H53Cl2SiZr-3. The summed E-state index contributed by atoms with van der Waals surface area (Å²) in [4.78, 5) is 0. The molecule has 0 spiro atoms. The molecule has 0 atom stereocenters. The molecule has 66 heavy (non-hydrogen) atoms. The van der Waals surface area contributed by atoms with Gasteiger partial charge in [0.2, 0.25) is 0 Å². The Hall–Kier alpha value is -5.34. The van der Waals surface area contributed by atoms with Crippen LogP contribution in [0.1, 0.15) is 50.7 Å². The fourth-order valence-corrected chi connectivity index (χ4v) is 10.3. The van der Waals surface area contributed by atoms with Gasteiger partial charge in [-0.15, -0.1) is 74.6 Å². The Bertz CT molecular complexity index is 2880. The Morgan fingerprint density at radius 2 is 0.879 bits per heavy atom. The number of unbranched alkanes of at least 4 members (excludes halogenated alkanes) is 2. The number of hydrogen-bond acceptors (Lipinski definition) is 0. The van der Waals surface area contributed by atoms with Gasteiger partial charge in [-0.1, -0.05) is 217 Å². The zero-order valence-corrected chi connectivity index (χ0v) is 42.7. The van der Waals surface area contributed by atoms with Gasteiger partial charge in [0, 0.05) is 0 Å². The van der Waals surface area contributed by atoms with Crippen LogP contribution in [0.3, 0.4) is 0 Å². The minimum absolute atomic E-state index is 0.795. The summed E-state index contributed by atoms with van der Waals surface area (Å²) in [5.41, 5.74) is 16.3. The fraction of sp³-hybridized carbons (Fsp3) is 0.129. The van der Waals surface area contributed by atoms with Crippen LogP contribution in [0.5, 0.6) is 0 Å². The predicted molar refractivity (Wildman–Crippen MR) is 285 cm³/mol. The maximum absolute atomic E-state index is 4.93. The molecule has 2 radical (unpaired) electrons. The first kappa shape index (κ1) is 47.2. The summed E-state index contributed by atoms with van der Waals surface area (Å²) in [6, 6.07) is 79.9. The molecule has 11 rings (SSSR count). The van der Waals surface area contributed by atoms with Crippen molar-refractivity contribution in [2.45, 2.75) is 52.4 Å². The van der Waals surface area contributed by atoms with Crippen LogP contribution in [0.15, 0.2) is 212 Å². The summed E-state index contributed by atoms with van der Waals surface area (Å²) in [6.45, 7) is 4.51. The number of rotatable bonds is 10. The van der Waals surface area contributed by atoms with E-state index in [0.717, 1.165) is 22.4 Å². The van der Waals surface area contributed by atoms with Gasteiger partial charge in [-0.3, -0.25) is 0 Å². The van der Waals surface area contributed by atoms with Crippen molar-refractivity contribution in [2.24, 2.45) is 0 Å². The maximum atomic E-state index is 4.93. The van der Waals surface area contributed by atoms with E-state index in [1.807, 2.05) is 6.07 Å². The minimum Gasteiger partial charge on any atom is -0.184 e. The monoisotopic (exact) mass is 985 g/mol. The Morgan fingerprint density at radius 1 is 0.455 bits per heavy atom.